The van der Waals surface area contributed by atoms with Crippen LogP contribution in [0.3, 0.4) is 0 Å². The number of anilines is 1. The van der Waals surface area contributed by atoms with Crippen LogP contribution in [0.25, 0.3) is 0 Å². The van der Waals surface area contributed by atoms with E-state index >= 15 is 0 Å². The lowest BCUT2D eigenvalue weighted by atomic mass is 9.96. The Morgan fingerprint density at radius 1 is 1.14 bits per heavy atom. The van der Waals surface area contributed by atoms with E-state index in [1.807, 2.05) is 13.0 Å². The van der Waals surface area contributed by atoms with Crippen molar-refractivity contribution < 1.29 is 14.3 Å². The number of hydrogen-bond acceptors (Lipinski definition) is 4. The van der Waals surface area contributed by atoms with Gasteiger partial charge in [0.2, 0.25) is 5.91 Å². The third-order valence-electron chi connectivity index (χ3n) is 5.32. The lowest BCUT2D eigenvalue weighted by molar-refractivity contribution is -0.121. The van der Waals surface area contributed by atoms with Gasteiger partial charge in [-0.25, -0.2) is 4.79 Å². The summed E-state index contributed by atoms with van der Waals surface area (Å²) in [4.78, 5) is 27.0. The number of amides is 1. The van der Waals surface area contributed by atoms with Gasteiger partial charge in [-0.2, -0.15) is 0 Å². The quantitative estimate of drug-likeness (QED) is 0.798. The lowest BCUT2D eigenvalue weighted by Crippen LogP contribution is -2.40. The fourth-order valence-corrected chi connectivity index (χ4v) is 3.60. The van der Waals surface area contributed by atoms with Crippen molar-refractivity contribution in [3.63, 3.8) is 0 Å². The fraction of sp³-hybridized carbons (Fsp3) is 0.391. The number of carbonyl (C=O) groups excluding carboxylic acids is 2. The minimum atomic E-state index is -0.405. The number of nitrogens with zero attached hydrogens (tertiary/aromatic N) is 1. The van der Waals surface area contributed by atoms with E-state index in [1.54, 1.807) is 12.1 Å². The number of ether oxygens (including phenoxy) is 1. The van der Waals surface area contributed by atoms with Crippen molar-refractivity contribution >= 4 is 17.6 Å². The molecule has 1 amide bonds. The summed E-state index contributed by atoms with van der Waals surface area (Å²) >= 11 is 0. The predicted molar refractivity (Wildman–Crippen MR) is 110 cm³/mol. The molecule has 1 atom stereocenters. The van der Waals surface area contributed by atoms with Crippen LogP contribution < -0.4 is 5.32 Å². The van der Waals surface area contributed by atoms with E-state index < -0.39 is 5.97 Å². The number of benzene rings is 2. The van der Waals surface area contributed by atoms with E-state index in [0.29, 0.717) is 11.3 Å². The first-order chi connectivity index (χ1) is 13.5. The Morgan fingerprint density at radius 2 is 1.89 bits per heavy atom. The number of methoxy groups -OCH3 is 1. The summed E-state index contributed by atoms with van der Waals surface area (Å²) in [5.41, 5.74) is 4.56. The van der Waals surface area contributed by atoms with Gasteiger partial charge in [-0.3, -0.25) is 9.69 Å². The summed E-state index contributed by atoms with van der Waals surface area (Å²) in [5, 5.41) is 3.02. The van der Waals surface area contributed by atoms with Crippen molar-refractivity contribution in [3.8, 4) is 0 Å². The zero-order valence-electron chi connectivity index (χ0n) is 16.8. The highest BCUT2D eigenvalue weighted by molar-refractivity contribution is 5.96. The first-order valence-corrected chi connectivity index (χ1v) is 9.74. The molecule has 0 saturated carbocycles. The largest absolute Gasteiger partial charge is 0.465 e. The SMILES string of the molecule is COC(=O)c1ccc(C)c(NC(=O)C2CCCN(Cc3ccc(C)cc3)C2)c1. The third-order valence-corrected chi connectivity index (χ3v) is 5.32. The summed E-state index contributed by atoms with van der Waals surface area (Å²) in [6.45, 7) is 6.62. The summed E-state index contributed by atoms with van der Waals surface area (Å²) in [7, 11) is 1.35. The van der Waals surface area contributed by atoms with E-state index in [1.165, 1.54) is 18.2 Å². The number of rotatable bonds is 5. The van der Waals surface area contributed by atoms with Gasteiger partial charge in [-0.1, -0.05) is 35.9 Å². The molecule has 1 saturated heterocycles. The minimum Gasteiger partial charge on any atom is -0.465 e. The molecule has 0 radical (unpaired) electrons. The van der Waals surface area contributed by atoms with Crippen LogP contribution in [-0.4, -0.2) is 37.0 Å². The molecule has 2 aromatic rings. The maximum atomic E-state index is 12.9. The topological polar surface area (TPSA) is 58.6 Å². The van der Waals surface area contributed by atoms with Crippen LogP contribution in [0, 0.1) is 19.8 Å². The average Bonchev–Trinajstić information content (AvgIpc) is 2.71. The van der Waals surface area contributed by atoms with Crippen LogP contribution in [0.15, 0.2) is 42.5 Å². The number of carbonyl (C=O) groups is 2. The third kappa shape index (κ3) is 4.98. The Balaban J connectivity index is 1.64. The Labute approximate surface area is 166 Å². The van der Waals surface area contributed by atoms with Gasteiger partial charge in [0, 0.05) is 18.8 Å². The molecule has 1 unspecified atom stereocenters. The molecule has 5 heteroatoms. The number of aryl methyl sites for hydroxylation is 2. The fourth-order valence-electron chi connectivity index (χ4n) is 3.60. The molecule has 1 heterocycles. The molecule has 1 N–H and O–H groups in total. The van der Waals surface area contributed by atoms with Crippen molar-refractivity contribution in [1.82, 2.24) is 4.90 Å². The number of hydrogen-bond donors (Lipinski definition) is 1. The smallest absolute Gasteiger partial charge is 0.337 e. The van der Waals surface area contributed by atoms with E-state index in [2.05, 4.69) is 41.4 Å². The number of likely N-dealkylation sites (tertiary alicyclic amines) is 1. The molecule has 2 aromatic carbocycles. The number of nitrogens with one attached hydrogen (secondary N) is 1. The summed E-state index contributed by atoms with van der Waals surface area (Å²) < 4.78 is 4.77. The Morgan fingerprint density at radius 3 is 2.61 bits per heavy atom. The van der Waals surface area contributed by atoms with Gasteiger partial charge >= 0.3 is 5.97 Å². The summed E-state index contributed by atoms with van der Waals surface area (Å²) in [5.74, 6) is -0.448. The molecule has 5 nitrogen and oxygen atoms in total. The maximum absolute atomic E-state index is 12.9. The van der Waals surface area contributed by atoms with Crippen LogP contribution in [0.4, 0.5) is 5.69 Å². The van der Waals surface area contributed by atoms with Gasteiger partial charge in [0.05, 0.1) is 18.6 Å². The zero-order chi connectivity index (χ0) is 20.1. The monoisotopic (exact) mass is 380 g/mol. The number of esters is 1. The van der Waals surface area contributed by atoms with Crippen molar-refractivity contribution in [2.45, 2.75) is 33.2 Å². The molecule has 28 heavy (non-hydrogen) atoms. The van der Waals surface area contributed by atoms with E-state index in [4.69, 9.17) is 4.74 Å². The molecule has 0 aliphatic carbocycles. The van der Waals surface area contributed by atoms with Crippen molar-refractivity contribution in [1.29, 1.82) is 0 Å². The highest BCUT2D eigenvalue weighted by Crippen LogP contribution is 2.23. The van der Waals surface area contributed by atoms with Crippen molar-refractivity contribution in [3.05, 3.63) is 64.7 Å². The van der Waals surface area contributed by atoms with Crippen LogP contribution in [0.1, 0.15) is 39.9 Å². The number of piperidine rings is 1. The summed E-state index contributed by atoms with van der Waals surface area (Å²) in [6, 6.07) is 13.8. The highest BCUT2D eigenvalue weighted by Gasteiger charge is 2.26. The molecule has 0 aromatic heterocycles. The molecule has 1 fully saturated rings. The van der Waals surface area contributed by atoms with Crippen LogP contribution >= 0.6 is 0 Å². The van der Waals surface area contributed by atoms with Crippen molar-refractivity contribution in [2.24, 2.45) is 5.92 Å². The first kappa shape index (κ1) is 20.1. The molecular formula is C23H28N2O3. The molecule has 0 spiro atoms. The molecule has 3 rings (SSSR count). The van der Waals surface area contributed by atoms with Gasteiger partial charge < -0.3 is 10.1 Å². The highest BCUT2D eigenvalue weighted by atomic mass is 16.5. The van der Waals surface area contributed by atoms with E-state index in [-0.39, 0.29) is 11.8 Å². The zero-order valence-corrected chi connectivity index (χ0v) is 16.8. The van der Waals surface area contributed by atoms with E-state index in [9.17, 15) is 9.59 Å². The maximum Gasteiger partial charge on any atom is 0.337 e. The standard InChI is InChI=1S/C23H28N2O3/c1-16-6-9-18(10-7-16)14-25-12-4-5-20(15-25)22(26)24-21-13-19(23(27)28-3)11-8-17(21)2/h6-11,13,20H,4-5,12,14-15H2,1-3H3,(H,24,26). The second kappa shape index (κ2) is 9.02. The van der Waals surface area contributed by atoms with E-state index in [0.717, 1.165) is 38.0 Å². The molecule has 1 aliphatic rings. The van der Waals surface area contributed by atoms with Gasteiger partial charge in [0.25, 0.3) is 0 Å². The minimum absolute atomic E-state index is 0.0127. The van der Waals surface area contributed by atoms with Crippen LogP contribution in [0.5, 0.6) is 0 Å². The Hall–Kier alpha value is -2.66. The second-order valence-electron chi connectivity index (χ2n) is 7.57. The van der Waals surface area contributed by atoms with Gasteiger partial charge in [0.15, 0.2) is 0 Å². The molecule has 1 aliphatic heterocycles. The van der Waals surface area contributed by atoms with Crippen molar-refractivity contribution in [2.75, 3.05) is 25.5 Å². The van der Waals surface area contributed by atoms with Gasteiger partial charge in [0.1, 0.15) is 0 Å². The predicted octanol–water partition coefficient (Wildman–Crippen LogP) is 3.94. The molecule has 0 bridgehead atoms. The molecular weight excluding hydrogens is 352 g/mol. The summed E-state index contributed by atoms with van der Waals surface area (Å²) in [6.07, 6.45) is 1.89. The molecule has 148 valence electrons. The van der Waals surface area contributed by atoms with Gasteiger partial charge in [-0.15, -0.1) is 0 Å². The van der Waals surface area contributed by atoms with Gasteiger partial charge in [-0.05, 0) is 56.5 Å². The Kier molecular flexibility index (Phi) is 6.47. The lowest BCUT2D eigenvalue weighted by Gasteiger charge is -2.32. The second-order valence-corrected chi connectivity index (χ2v) is 7.57. The van der Waals surface area contributed by atoms with Crippen LogP contribution in [0.2, 0.25) is 0 Å². The average molecular weight is 380 g/mol. The van der Waals surface area contributed by atoms with Crippen LogP contribution in [-0.2, 0) is 16.1 Å². The Bertz CT molecular complexity index is 845. The first-order valence-electron chi connectivity index (χ1n) is 9.74. The normalized spacial score (nSPS) is 17.2.